The van der Waals surface area contributed by atoms with Gasteiger partial charge in [-0.25, -0.2) is 4.79 Å². The molecule has 0 radical (unpaired) electrons. The zero-order valence-electron chi connectivity index (χ0n) is 20.1. The van der Waals surface area contributed by atoms with E-state index in [2.05, 4.69) is 10.2 Å². The number of carbonyl (C=O) groups excluding carboxylic acids is 1. The number of thioether (sulfide) groups is 1. The number of aryl methyl sites for hydroxylation is 1. The molecule has 9 nitrogen and oxygen atoms in total. The summed E-state index contributed by atoms with van der Waals surface area (Å²) in [6.45, 7) is 3.96. The average Bonchev–Trinajstić information content (AvgIpc) is 3.35. The van der Waals surface area contributed by atoms with Gasteiger partial charge < -0.3 is 23.4 Å². The molecule has 2 aromatic carbocycles. The highest BCUT2D eigenvalue weighted by Crippen LogP contribution is 2.41. The number of aromatic nitrogens is 3. The van der Waals surface area contributed by atoms with Gasteiger partial charge in [0.25, 0.3) is 5.22 Å². The summed E-state index contributed by atoms with van der Waals surface area (Å²) in [5.74, 6) is 1.66. The van der Waals surface area contributed by atoms with Gasteiger partial charge in [0.2, 0.25) is 11.6 Å². The van der Waals surface area contributed by atoms with Crippen molar-refractivity contribution in [1.82, 2.24) is 15.2 Å². The van der Waals surface area contributed by atoms with Gasteiger partial charge >= 0.3 is 5.97 Å². The topological polar surface area (TPSA) is 106 Å². The van der Waals surface area contributed by atoms with E-state index in [-0.39, 0.29) is 6.61 Å². The average molecular weight is 496 g/mol. The first kappa shape index (κ1) is 24.3. The summed E-state index contributed by atoms with van der Waals surface area (Å²) < 4.78 is 27.3. The van der Waals surface area contributed by atoms with E-state index in [1.807, 2.05) is 31.2 Å². The number of methoxy groups -OCH3 is 3. The first-order valence-corrected chi connectivity index (χ1v) is 11.8. The fourth-order valence-electron chi connectivity index (χ4n) is 3.74. The Morgan fingerprint density at radius 2 is 1.74 bits per heavy atom. The lowest BCUT2D eigenvalue weighted by atomic mass is 10.0. The molecule has 0 atom stereocenters. The van der Waals surface area contributed by atoms with E-state index >= 15 is 0 Å². The molecule has 0 amide bonds. The summed E-state index contributed by atoms with van der Waals surface area (Å²) in [4.78, 5) is 17.5. The Labute approximate surface area is 206 Å². The first-order valence-electron chi connectivity index (χ1n) is 10.8. The van der Waals surface area contributed by atoms with Crippen molar-refractivity contribution < 1.29 is 28.2 Å². The highest BCUT2D eigenvalue weighted by atomic mass is 32.2. The van der Waals surface area contributed by atoms with Crippen LogP contribution in [0.25, 0.3) is 22.4 Å². The lowest BCUT2D eigenvalue weighted by molar-refractivity contribution is 0.0524. The minimum Gasteiger partial charge on any atom is -0.493 e. The molecule has 0 aliphatic heterocycles. The molecule has 182 valence electrons. The van der Waals surface area contributed by atoms with Gasteiger partial charge in [-0.3, -0.25) is 4.98 Å². The fraction of sp³-hybridized carbons (Fsp3) is 0.280. The molecular weight excluding hydrogens is 470 g/mol. The third-order valence-corrected chi connectivity index (χ3v) is 6.19. The summed E-state index contributed by atoms with van der Waals surface area (Å²) in [7, 11) is 4.61. The summed E-state index contributed by atoms with van der Waals surface area (Å²) in [6.07, 6.45) is 0. The summed E-state index contributed by atoms with van der Waals surface area (Å²) >= 11 is 1.29. The van der Waals surface area contributed by atoms with Crippen molar-refractivity contribution in [3.8, 4) is 28.7 Å². The van der Waals surface area contributed by atoms with Gasteiger partial charge in [-0.1, -0.05) is 30.0 Å². The Bertz CT molecular complexity index is 1350. The van der Waals surface area contributed by atoms with Gasteiger partial charge in [0.15, 0.2) is 11.5 Å². The van der Waals surface area contributed by atoms with Crippen LogP contribution in [0.3, 0.4) is 0 Å². The van der Waals surface area contributed by atoms with Crippen molar-refractivity contribution in [2.45, 2.75) is 24.8 Å². The van der Waals surface area contributed by atoms with Crippen LogP contribution in [-0.2, 0) is 10.5 Å². The number of hydrogen-bond donors (Lipinski definition) is 0. The second kappa shape index (κ2) is 10.6. The van der Waals surface area contributed by atoms with E-state index in [9.17, 15) is 4.79 Å². The second-order valence-corrected chi connectivity index (χ2v) is 8.30. The van der Waals surface area contributed by atoms with E-state index in [4.69, 9.17) is 28.3 Å². The Morgan fingerprint density at radius 3 is 2.40 bits per heavy atom. The van der Waals surface area contributed by atoms with Crippen molar-refractivity contribution >= 4 is 28.6 Å². The molecule has 2 heterocycles. The molecule has 35 heavy (non-hydrogen) atoms. The maximum absolute atomic E-state index is 12.7. The van der Waals surface area contributed by atoms with Gasteiger partial charge in [0, 0.05) is 16.7 Å². The van der Waals surface area contributed by atoms with Crippen molar-refractivity contribution in [3.05, 3.63) is 53.2 Å². The molecule has 4 rings (SSSR count). The monoisotopic (exact) mass is 495 g/mol. The van der Waals surface area contributed by atoms with Gasteiger partial charge in [-0.15, -0.1) is 10.2 Å². The quantitative estimate of drug-likeness (QED) is 0.230. The Balaban J connectivity index is 1.64. The summed E-state index contributed by atoms with van der Waals surface area (Å²) in [6, 6.07) is 11.2. The molecule has 10 heteroatoms. The van der Waals surface area contributed by atoms with E-state index in [1.54, 1.807) is 19.1 Å². The predicted octanol–water partition coefficient (Wildman–Crippen LogP) is 5.09. The Hall–Kier alpha value is -3.79. The fourth-order valence-corrected chi connectivity index (χ4v) is 4.44. The SMILES string of the molecule is CCOC(=O)c1c(CSc2nnc(-c3cc(OC)c(OC)c(OC)c3)o2)nc2ccccc2c1C. The van der Waals surface area contributed by atoms with Crippen molar-refractivity contribution in [1.29, 1.82) is 0 Å². The number of para-hydroxylation sites is 1. The minimum absolute atomic E-state index is 0.277. The smallest absolute Gasteiger partial charge is 0.340 e. The Kier molecular flexibility index (Phi) is 7.40. The van der Waals surface area contributed by atoms with Crippen LogP contribution in [0.15, 0.2) is 46.0 Å². The van der Waals surface area contributed by atoms with Crippen LogP contribution in [-0.4, -0.2) is 49.1 Å². The molecule has 2 aromatic heterocycles. The maximum atomic E-state index is 12.7. The number of fused-ring (bicyclic) bond motifs is 1. The van der Waals surface area contributed by atoms with E-state index in [0.717, 1.165) is 16.5 Å². The number of rotatable bonds is 9. The van der Waals surface area contributed by atoms with Gasteiger partial charge in [0.05, 0.1) is 44.7 Å². The van der Waals surface area contributed by atoms with Gasteiger partial charge in [0.1, 0.15) is 0 Å². The highest BCUT2D eigenvalue weighted by Gasteiger charge is 2.22. The Morgan fingerprint density at radius 1 is 1.03 bits per heavy atom. The number of carbonyl (C=O) groups is 1. The van der Waals surface area contributed by atoms with Crippen LogP contribution in [0, 0.1) is 6.92 Å². The van der Waals surface area contributed by atoms with E-state index < -0.39 is 5.97 Å². The molecule has 0 saturated carbocycles. The van der Waals surface area contributed by atoms with Crippen LogP contribution in [0.5, 0.6) is 17.2 Å². The zero-order valence-corrected chi connectivity index (χ0v) is 20.9. The molecule has 0 spiro atoms. The van der Waals surface area contributed by atoms with Crippen LogP contribution in [0.1, 0.15) is 28.5 Å². The number of nitrogens with zero attached hydrogens (tertiary/aromatic N) is 3. The van der Waals surface area contributed by atoms with Crippen LogP contribution >= 0.6 is 11.8 Å². The number of hydrogen-bond acceptors (Lipinski definition) is 10. The lowest BCUT2D eigenvalue weighted by Crippen LogP contribution is -2.12. The molecule has 0 aliphatic rings. The molecular formula is C25H25N3O6S. The van der Waals surface area contributed by atoms with Gasteiger partial charge in [-0.05, 0) is 37.6 Å². The number of benzene rings is 2. The largest absolute Gasteiger partial charge is 0.493 e. The van der Waals surface area contributed by atoms with Crippen LogP contribution in [0.2, 0.25) is 0 Å². The highest BCUT2D eigenvalue weighted by molar-refractivity contribution is 7.98. The first-order chi connectivity index (χ1) is 17.0. The second-order valence-electron chi connectivity index (χ2n) is 7.37. The number of esters is 1. The van der Waals surface area contributed by atoms with Crippen molar-refractivity contribution in [3.63, 3.8) is 0 Å². The van der Waals surface area contributed by atoms with Crippen LogP contribution in [0.4, 0.5) is 0 Å². The zero-order chi connectivity index (χ0) is 24.9. The minimum atomic E-state index is -0.400. The standard InChI is InChI=1S/C25H25N3O6S/c1-6-33-24(29)21-14(2)16-9-7-8-10-17(16)26-18(21)13-35-25-28-27-23(34-25)15-11-19(30-3)22(32-5)20(12-15)31-4/h7-12H,6,13H2,1-5H3. The molecule has 0 unspecified atom stereocenters. The summed E-state index contributed by atoms with van der Waals surface area (Å²) in [5.41, 5.74) is 3.30. The van der Waals surface area contributed by atoms with Crippen molar-refractivity contribution in [2.75, 3.05) is 27.9 Å². The maximum Gasteiger partial charge on any atom is 0.340 e. The normalized spacial score (nSPS) is 10.9. The van der Waals surface area contributed by atoms with Gasteiger partial charge in [-0.2, -0.15) is 0 Å². The van der Waals surface area contributed by atoms with E-state index in [0.29, 0.717) is 50.9 Å². The third-order valence-electron chi connectivity index (χ3n) is 5.36. The predicted molar refractivity (Wildman–Crippen MR) is 131 cm³/mol. The number of ether oxygens (including phenoxy) is 4. The summed E-state index contributed by atoms with van der Waals surface area (Å²) in [5, 5.41) is 9.54. The van der Waals surface area contributed by atoms with Crippen molar-refractivity contribution in [2.24, 2.45) is 0 Å². The molecule has 0 N–H and O–H groups in total. The number of pyridine rings is 1. The molecule has 0 bridgehead atoms. The molecule has 0 aliphatic carbocycles. The van der Waals surface area contributed by atoms with E-state index in [1.165, 1.54) is 33.1 Å². The van der Waals surface area contributed by atoms with Crippen LogP contribution < -0.4 is 14.2 Å². The molecule has 0 saturated heterocycles. The lowest BCUT2D eigenvalue weighted by Gasteiger charge is -2.13. The third kappa shape index (κ3) is 4.88. The molecule has 4 aromatic rings. The molecule has 0 fully saturated rings.